The first-order chi connectivity index (χ1) is 11.6. The van der Waals surface area contributed by atoms with Gasteiger partial charge in [0.15, 0.2) is 0 Å². The van der Waals surface area contributed by atoms with Crippen molar-refractivity contribution in [2.75, 3.05) is 13.7 Å². The summed E-state index contributed by atoms with van der Waals surface area (Å²) in [6, 6.07) is -0.604. The van der Waals surface area contributed by atoms with E-state index in [0.29, 0.717) is 19.3 Å². The van der Waals surface area contributed by atoms with Crippen molar-refractivity contribution in [1.82, 2.24) is 5.32 Å². The van der Waals surface area contributed by atoms with Crippen molar-refractivity contribution in [2.45, 2.75) is 57.4 Å². The molecule has 0 aromatic heterocycles. The molecule has 0 bridgehead atoms. The predicted octanol–water partition coefficient (Wildman–Crippen LogP) is 0.0792. The van der Waals surface area contributed by atoms with Crippen LogP contribution in [0.3, 0.4) is 0 Å². The summed E-state index contributed by atoms with van der Waals surface area (Å²) in [7, 11) is -0.0673. The molecule has 1 fully saturated rings. The van der Waals surface area contributed by atoms with Crippen LogP contribution in [-0.4, -0.2) is 54.3 Å². The summed E-state index contributed by atoms with van der Waals surface area (Å²) in [5, 5.41) is 20.9. The van der Waals surface area contributed by atoms with Crippen molar-refractivity contribution in [3.63, 3.8) is 0 Å². The van der Waals surface area contributed by atoms with Gasteiger partial charge in [-0.05, 0) is 37.4 Å². The SMILES string of the molecule is COC(=O)[C@@]1(N)C[C@H](CCB(O)O)CC[C@H]1CNC(=O)[C@@H](N)C(C)C.Cl.Cl. The van der Waals surface area contributed by atoms with Gasteiger partial charge >= 0.3 is 13.1 Å². The quantitative estimate of drug-likeness (QED) is 0.271. The Kier molecular flexibility index (Phi) is 13.6. The van der Waals surface area contributed by atoms with Crippen molar-refractivity contribution in [1.29, 1.82) is 0 Å². The van der Waals surface area contributed by atoms with E-state index in [1.165, 1.54) is 7.11 Å². The van der Waals surface area contributed by atoms with E-state index in [1.807, 2.05) is 13.8 Å². The summed E-state index contributed by atoms with van der Waals surface area (Å²) < 4.78 is 4.89. The molecule has 0 unspecified atom stereocenters. The number of carbonyl (C=O) groups excluding carboxylic acids is 2. The van der Waals surface area contributed by atoms with E-state index < -0.39 is 24.7 Å². The van der Waals surface area contributed by atoms with Crippen LogP contribution in [0.5, 0.6) is 0 Å². The van der Waals surface area contributed by atoms with Crippen LogP contribution >= 0.6 is 24.8 Å². The molecule has 0 saturated heterocycles. The van der Waals surface area contributed by atoms with Gasteiger partial charge < -0.3 is 31.6 Å². The minimum atomic E-state index is -1.36. The highest BCUT2D eigenvalue weighted by molar-refractivity contribution is 6.40. The Labute approximate surface area is 174 Å². The standard InChI is InChI=1S/C16H32BN3O5.2ClH/c1-10(2)13(18)14(21)20-9-12-5-4-11(6-7-17(23)24)8-16(12,19)15(22)25-3;;/h10-13,23-24H,4-9,18-19H2,1-3H3,(H,20,21);2*1H/t11-,12-,13-,16+;;/m0../s1. The summed E-state index contributed by atoms with van der Waals surface area (Å²) in [5.74, 6) is -0.889. The minimum absolute atomic E-state index is 0. The van der Waals surface area contributed by atoms with Crippen LogP contribution in [0, 0.1) is 17.8 Å². The van der Waals surface area contributed by atoms with Crippen molar-refractivity contribution < 1.29 is 24.4 Å². The molecular formula is C16H34BCl2N3O5. The topological polar surface area (TPSA) is 148 Å². The van der Waals surface area contributed by atoms with Crippen molar-refractivity contribution in [3.05, 3.63) is 0 Å². The highest BCUT2D eigenvalue weighted by atomic mass is 35.5. The lowest BCUT2D eigenvalue weighted by molar-refractivity contribution is -0.152. The number of carbonyl (C=O) groups is 2. The van der Waals surface area contributed by atoms with Gasteiger partial charge in [0.05, 0.1) is 13.2 Å². The molecule has 0 radical (unpaired) electrons. The molecule has 11 heteroatoms. The van der Waals surface area contributed by atoms with E-state index in [-0.39, 0.29) is 61.3 Å². The first-order valence-corrected chi connectivity index (χ1v) is 8.88. The molecule has 1 aliphatic carbocycles. The van der Waals surface area contributed by atoms with Gasteiger partial charge in [0.25, 0.3) is 0 Å². The lowest BCUT2D eigenvalue weighted by Gasteiger charge is -2.42. The fraction of sp³-hybridized carbons (Fsp3) is 0.875. The van der Waals surface area contributed by atoms with E-state index in [0.717, 1.165) is 6.42 Å². The summed E-state index contributed by atoms with van der Waals surface area (Å²) in [6.45, 7) is 4.00. The molecule has 0 spiro atoms. The van der Waals surface area contributed by atoms with E-state index in [4.69, 9.17) is 26.3 Å². The van der Waals surface area contributed by atoms with Gasteiger partial charge in [-0.2, -0.15) is 0 Å². The van der Waals surface area contributed by atoms with Crippen LogP contribution in [0.1, 0.15) is 39.5 Å². The third-order valence-corrected chi connectivity index (χ3v) is 5.22. The van der Waals surface area contributed by atoms with Crippen LogP contribution < -0.4 is 16.8 Å². The Hall–Kier alpha value is -0.575. The van der Waals surface area contributed by atoms with Crippen LogP contribution in [0.15, 0.2) is 0 Å². The molecule has 160 valence electrons. The van der Waals surface area contributed by atoms with Crippen LogP contribution in [-0.2, 0) is 14.3 Å². The van der Waals surface area contributed by atoms with Gasteiger partial charge in [0.1, 0.15) is 5.54 Å². The molecule has 0 aromatic carbocycles. The monoisotopic (exact) mass is 429 g/mol. The minimum Gasteiger partial charge on any atom is -0.468 e. The van der Waals surface area contributed by atoms with E-state index in [9.17, 15) is 9.59 Å². The Balaban J connectivity index is 0. The third kappa shape index (κ3) is 8.13. The second-order valence-electron chi connectivity index (χ2n) is 7.45. The number of methoxy groups -OCH3 is 1. The predicted molar refractivity (Wildman–Crippen MR) is 110 cm³/mol. The van der Waals surface area contributed by atoms with Gasteiger partial charge in [-0.15, -0.1) is 24.8 Å². The molecule has 4 atom stereocenters. The molecule has 1 rings (SSSR count). The maximum absolute atomic E-state index is 12.3. The van der Waals surface area contributed by atoms with Crippen LogP contribution in [0.25, 0.3) is 0 Å². The first-order valence-electron chi connectivity index (χ1n) is 8.88. The highest BCUT2D eigenvalue weighted by Gasteiger charge is 2.47. The summed E-state index contributed by atoms with van der Waals surface area (Å²) in [4.78, 5) is 24.4. The Bertz CT molecular complexity index is 473. The zero-order valence-corrected chi connectivity index (χ0v) is 17.9. The molecule has 1 aliphatic rings. The fourth-order valence-corrected chi connectivity index (χ4v) is 3.44. The number of hydrogen-bond donors (Lipinski definition) is 5. The molecule has 7 N–H and O–H groups in total. The Morgan fingerprint density at radius 2 is 1.89 bits per heavy atom. The van der Waals surface area contributed by atoms with Gasteiger partial charge in [-0.1, -0.05) is 20.3 Å². The third-order valence-electron chi connectivity index (χ3n) is 5.22. The molecule has 0 aromatic rings. The summed E-state index contributed by atoms with van der Waals surface area (Å²) in [5.41, 5.74) is 11.0. The molecule has 0 heterocycles. The van der Waals surface area contributed by atoms with Crippen LogP contribution in [0.2, 0.25) is 6.32 Å². The van der Waals surface area contributed by atoms with E-state index in [1.54, 1.807) is 0 Å². The second-order valence-corrected chi connectivity index (χ2v) is 7.45. The maximum Gasteiger partial charge on any atom is 0.451 e. The highest BCUT2D eigenvalue weighted by Crippen LogP contribution is 2.38. The molecule has 1 saturated carbocycles. The van der Waals surface area contributed by atoms with Crippen LogP contribution in [0.4, 0.5) is 0 Å². The lowest BCUT2D eigenvalue weighted by Crippen LogP contribution is -2.61. The molecule has 1 amide bonds. The van der Waals surface area contributed by atoms with Gasteiger partial charge in [0, 0.05) is 12.5 Å². The fourth-order valence-electron chi connectivity index (χ4n) is 3.44. The van der Waals surface area contributed by atoms with Gasteiger partial charge in [0.2, 0.25) is 5.91 Å². The van der Waals surface area contributed by atoms with E-state index in [2.05, 4.69) is 5.32 Å². The van der Waals surface area contributed by atoms with Gasteiger partial charge in [-0.3, -0.25) is 9.59 Å². The average molecular weight is 430 g/mol. The average Bonchev–Trinajstić information content (AvgIpc) is 2.56. The number of nitrogens with one attached hydrogen (secondary N) is 1. The normalized spacial score (nSPS) is 25.6. The molecular weight excluding hydrogens is 396 g/mol. The van der Waals surface area contributed by atoms with Crippen molar-refractivity contribution in [3.8, 4) is 0 Å². The number of amides is 1. The number of nitrogens with two attached hydrogens (primary N) is 2. The summed E-state index contributed by atoms with van der Waals surface area (Å²) >= 11 is 0. The van der Waals surface area contributed by atoms with E-state index >= 15 is 0 Å². The second kappa shape index (κ2) is 12.8. The lowest BCUT2D eigenvalue weighted by atomic mass is 9.66. The zero-order chi connectivity index (χ0) is 19.2. The van der Waals surface area contributed by atoms with Crippen molar-refractivity contribution >= 4 is 43.8 Å². The number of rotatable bonds is 8. The molecule has 27 heavy (non-hydrogen) atoms. The summed E-state index contributed by atoms with van der Waals surface area (Å²) in [6.07, 6.45) is 2.66. The number of hydrogen-bond acceptors (Lipinski definition) is 7. The molecule has 8 nitrogen and oxygen atoms in total. The Morgan fingerprint density at radius 1 is 1.30 bits per heavy atom. The first kappa shape index (κ1) is 28.6. The number of ether oxygens (including phenoxy) is 1. The number of halogens is 2. The largest absolute Gasteiger partial charge is 0.468 e. The maximum atomic E-state index is 12.3. The Morgan fingerprint density at radius 3 is 2.37 bits per heavy atom. The number of esters is 1. The zero-order valence-electron chi connectivity index (χ0n) is 16.2. The smallest absolute Gasteiger partial charge is 0.451 e. The van der Waals surface area contributed by atoms with Gasteiger partial charge in [-0.25, -0.2) is 0 Å². The molecule has 0 aliphatic heterocycles. The van der Waals surface area contributed by atoms with Crippen molar-refractivity contribution in [2.24, 2.45) is 29.2 Å².